The normalized spacial score (nSPS) is 11.6. The summed E-state index contributed by atoms with van der Waals surface area (Å²) in [6.07, 6.45) is 0. The number of rotatable bonds is 6. The smallest absolute Gasteiger partial charge is 0.0634 e. The Balaban J connectivity index is 1.08. The van der Waals surface area contributed by atoms with Crippen LogP contribution in [0.2, 0.25) is 0 Å². The highest BCUT2D eigenvalue weighted by atomic mass is 32.1. The number of hydrogen-bond acceptors (Lipinski definition) is 2. The van der Waals surface area contributed by atoms with E-state index in [9.17, 15) is 0 Å². The fourth-order valence-electron chi connectivity index (χ4n) is 8.41. The molecular formula is C52H34N2S. The van der Waals surface area contributed by atoms with Gasteiger partial charge in [0.05, 0.1) is 16.7 Å². The first kappa shape index (κ1) is 31.6. The number of para-hydroxylation sites is 2. The molecule has 0 aliphatic rings. The first-order valence-electron chi connectivity index (χ1n) is 18.8. The fourth-order valence-corrected chi connectivity index (χ4v) is 9.50. The van der Waals surface area contributed by atoms with Crippen molar-refractivity contribution in [3.63, 3.8) is 0 Å². The van der Waals surface area contributed by atoms with Gasteiger partial charge in [-0.15, -0.1) is 11.3 Å². The molecule has 0 N–H and O–H groups in total. The van der Waals surface area contributed by atoms with E-state index in [-0.39, 0.29) is 0 Å². The maximum atomic E-state index is 2.48. The largest absolute Gasteiger partial charge is 0.310 e. The molecule has 0 amide bonds. The molecule has 0 unspecified atom stereocenters. The van der Waals surface area contributed by atoms with Gasteiger partial charge in [-0.05, 0) is 100 Å². The van der Waals surface area contributed by atoms with Gasteiger partial charge in [0, 0.05) is 53.4 Å². The zero-order valence-electron chi connectivity index (χ0n) is 29.9. The predicted molar refractivity (Wildman–Crippen MR) is 237 cm³/mol. The lowest BCUT2D eigenvalue weighted by atomic mass is 10.0. The SMILES string of the molecule is c1ccc(-c2ccc3sc4ccc5c6cc(-c7ccc(N(c8ccccc8)c8cccc9ccccc89)cc7)ccc6n(-c6ccccc6)c5c4c3c2)cc1. The van der Waals surface area contributed by atoms with Crippen molar-refractivity contribution in [2.75, 3.05) is 4.90 Å². The predicted octanol–water partition coefficient (Wildman–Crippen LogP) is 15.1. The first-order chi connectivity index (χ1) is 27.3. The summed E-state index contributed by atoms with van der Waals surface area (Å²) in [6, 6.07) is 75.0. The number of thiophene rings is 1. The van der Waals surface area contributed by atoms with Crippen molar-refractivity contribution >= 4 is 81.1 Å². The number of fused-ring (bicyclic) bond motifs is 8. The summed E-state index contributed by atoms with van der Waals surface area (Å²) in [5.41, 5.74) is 11.9. The molecule has 3 heteroatoms. The third-order valence-corrected chi connectivity index (χ3v) is 12.1. The molecular weight excluding hydrogens is 685 g/mol. The number of benzene rings is 9. The van der Waals surface area contributed by atoms with E-state index in [0.717, 1.165) is 17.1 Å². The summed E-state index contributed by atoms with van der Waals surface area (Å²) in [5.74, 6) is 0. The van der Waals surface area contributed by atoms with Crippen molar-refractivity contribution in [3.05, 3.63) is 206 Å². The molecule has 0 aliphatic carbocycles. The van der Waals surface area contributed by atoms with Crippen molar-refractivity contribution in [1.82, 2.24) is 4.57 Å². The monoisotopic (exact) mass is 718 g/mol. The Morgan fingerprint density at radius 1 is 0.382 bits per heavy atom. The second-order valence-electron chi connectivity index (χ2n) is 14.1. The molecule has 55 heavy (non-hydrogen) atoms. The van der Waals surface area contributed by atoms with E-state index in [4.69, 9.17) is 0 Å². The minimum Gasteiger partial charge on any atom is -0.310 e. The maximum absolute atomic E-state index is 2.48. The summed E-state index contributed by atoms with van der Waals surface area (Å²) in [4.78, 5) is 2.36. The number of nitrogens with zero attached hydrogens (tertiary/aromatic N) is 2. The second kappa shape index (κ2) is 12.9. The van der Waals surface area contributed by atoms with Gasteiger partial charge in [0.2, 0.25) is 0 Å². The number of anilines is 3. The summed E-state index contributed by atoms with van der Waals surface area (Å²) < 4.78 is 5.09. The molecule has 9 aromatic carbocycles. The summed E-state index contributed by atoms with van der Waals surface area (Å²) >= 11 is 1.88. The van der Waals surface area contributed by atoms with Crippen molar-refractivity contribution in [2.24, 2.45) is 0 Å². The van der Waals surface area contributed by atoms with Crippen LogP contribution in [0.15, 0.2) is 206 Å². The Labute approximate surface area is 323 Å². The Kier molecular flexibility index (Phi) is 7.39. The van der Waals surface area contributed by atoms with Gasteiger partial charge < -0.3 is 9.47 Å². The van der Waals surface area contributed by atoms with Crippen molar-refractivity contribution < 1.29 is 0 Å². The molecule has 258 valence electrons. The molecule has 0 aliphatic heterocycles. The maximum Gasteiger partial charge on any atom is 0.0634 e. The summed E-state index contributed by atoms with van der Waals surface area (Å²) in [7, 11) is 0. The van der Waals surface area contributed by atoms with Crippen LogP contribution in [-0.2, 0) is 0 Å². The molecule has 0 spiro atoms. The topological polar surface area (TPSA) is 8.17 Å². The van der Waals surface area contributed by atoms with E-state index in [2.05, 4.69) is 216 Å². The van der Waals surface area contributed by atoms with Gasteiger partial charge >= 0.3 is 0 Å². The van der Waals surface area contributed by atoms with Crippen molar-refractivity contribution in [1.29, 1.82) is 0 Å². The van der Waals surface area contributed by atoms with Crippen LogP contribution in [0.5, 0.6) is 0 Å². The molecule has 2 nitrogen and oxygen atoms in total. The van der Waals surface area contributed by atoms with Crippen LogP contribution < -0.4 is 4.90 Å². The molecule has 0 fully saturated rings. The van der Waals surface area contributed by atoms with Crippen LogP contribution in [-0.4, -0.2) is 4.57 Å². The van der Waals surface area contributed by atoms with Gasteiger partial charge in [0.1, 0.15) is 0 Å². The molecule has 11 rings (SSSR count). The third kappa shape index (κ3) is 5.24. The summed E-state index contributed by atoms with van der Waals surface area (Å²) in [5, 5.41) is 7.59. The van der Waals surface area contributed by atoms with Crippen LogP contribution in [0.1, 0.15) is 0 Å². The van der Waals surface area contributed by atoms with E-state index in [1.165, 1.54) is 80.7 Å². The quantitative estimate of drug-likeness (QED) is 0.166. The van der Waals surface area contributed by atoms with E-state index in [1.807, 2.05) is 11.3 Å². The lowest BCUT2D eigenvalue weighted by molar-refractivity contribution is 1.19. The molecule has 2 aromatic heterocycles. The minimum absolute atomic E-state index is 1.12. The Morgan fingerprint density at radius 2 is 0.982 bits per heavy atom. The van der Waals surface area contributed by atoms with Gasteiger partial charge in [-0.3, -0.25) is 0 Å². The Bertz CT molecular complexity index is 3170. The first-order valence-corrected chi connectivity index (χ1v) is 19.6. The van der Waals surface area contributed by atoms with E-state index in [0.29, 0.717) is 0 Å². The molecule has 0 bridgehead atoms. The van der Waals surface area contributed by atoms with E-state index < -0.39 is 0 Å². The highest BCUT2D eigenvalue weighted by Crippen LogP contribution is 2.45. The van der Waals surface area contributed by atoms with Crippen LogP contribution in [0, 0.1) is 0 Å². The van der Waals surface area contributed by atoms with Crippen molar-refractivity contribution in [2.45, 2.75) is 0 Å². The average molecular weight is 719 g/mol. The fraction of sp³-hybridized carbons (Fsp3) is 0. The highest BCUT2D eigenvalue weighted by molar-refractivity contribution is 7.26. The van der Waals surface area contributed by atoms with Crippen molar-refractivity contribution in [3.8, 4) is 27.9 Å². The van der Waals surface area contributed by atoms with Gasteiger partial charge in [-0.1, -0.05) is 133 Å². The second-order valence-corrected chi connectivity index (χ2v) is 15.2. The Hall–Kier alpha value is -6.94. The molecule has 2 heterocycles. The van der Waals surface area contributed by atoms with Gasteiger partial charge in [-0.25, -0.2) is 0 Å². The minimum atomic E-state index is 1.12. The van der Waals surface area contributed by atoms with E-state index >= 15 is 0 Å². The third-order valence-electron chi connectivity index (χ3n) is 11.0. The lowest BCUT2D eigenvalue weighted by Crippen LogP contribution is -2.10. The number of aromatic nitrogens is 1. The van der Waals surface area contributed by atoms with E-state index in [1.54, 1.807) is 0 Å². The summed E-state index contributed by atoms with van der Waals surface area (Å²) in [6.45, 7) is 0. The Morgan fingerprint density at radius 3 is 1.78 bits per heavy atom. The zero-order chi connectivity index (χ0) is 36.3. The van der Waals surface area contributed by atoms with Crippen LogP contribution in [0.4, 0.5) is 17.1 Å². The average Bonchev–Trinajstić information content (AvgIpc) is 3.80. The van der Waals surface area contributed by atoms with Gasteiger partial charge in [0.25, 0.3) is 0 Å². The standard InChI is InChI=1S/C52H34N2S/c1-4-13-35(14-5-1)39-26-31-49-46(34-39)51-50(55-49)32-29-44-45-33-38(25-30-48(45)54(52(44)51)41-19-8-3-9-20-41)36-23-27-42(28-24-36)53(40-17-6-2-7-18-40)47-22-12-16-37-15-10-11-21-43(37)47/h1-34H. The van der Waals surface area contributed by atoms with Crippen LogP contribution in [0.25, 0.3) is 80.7 Å². The molecule has 0 saturated heterocycles. The van der Waals surface area contributed by atoms with Gasteiger partial charge in [-0.2, -0.15) is 0 Å². The number of hydrogen-bond donors (Lipinski definition) is 0. The van der Waals surface area contributed by atoms with Crippen LogP contribution in [0.3, 0.4) is 0 Å². The van der Waals surface area contributed by atoms with Crippen LogP contribution >= 0.6 is 11.3 Å². The molecule has 0 saturated carbocycles. The lowest BCUT2D eigenvalue weighted by Gasteiger charge is -2.27. The molecule has 11 aromatic rings. The molecule has 0 radical (unpaired) electrons. The molecule has 0 atom stereocenters. The highest BCUT2D eigenvalue weighted by Gasteiger charge is 2.20. The van der Waals surface area contributed by atoms with Gasteiger partial charge in [0.15, 0.2) is 0 Å². The zero-order valence-corrected chi connectivity index (χ0v) is 30.7.